The van der Waals surface area contributed by atoms with Crippen molar-refractivity contribution >= 4 is 28.7 Å². The van der Waals surface area contributed by atoms with Crippen molar-refractivity contribution in [2.45, 2.75) is 45.6 Å². The summed E-state index contributed by atoms with van der Waals surface area (Å²) in [6.07, 6.45) is 4.46. The Morgan fingerprint density at radius 2 is 1.97 bits per heavy atom. The zero-order chi connectivity index (χ0) is 21.1. The first kappa shape index (κ1) is 19.9. The van der Waals surface area contributed by atoms with Crippen molar-refractivity contribution in [1.82, 2.24) is 14.5 Å². The van der Waals surface area contributed by atoms with E-state index < -0.39 is 5.91 Å². The number of nitrogens with two attached hydrogens (primary N) is 1. The largest absolute Gasteiger partial charge is 0.493 e. The third-order valence-electron chi connectivity index (χ3n) is 5.17. The van der Waals surface area contributed by atoms with Gasteiger partial charge in [0.15, 0.2) is 5.65 Å². The van der Waals surface area contributed by atoms with Crippen LogP contribution < -0.4 is 15.8 Å². The third-order valence-corrected chi connectivity index (χ3v) is 5.17. The molecular weight excluding hydrogens is 382 g/mol. The lowest BCUT2D eigenvalue weighted by Gasteiger charge is -2.09. The van der Waals surface area contributed by atoms with Gasteiger partial charge in [0, 0.05) is 24.3 Å². The molecule has 156 valence electrons. The minimum atomic E-state index is -0.408. The fourth-order valence-corrected chi connectivity index (χ4v) is 3.69. The van der Waals surface area contributed by atoms with Gasteiger partial charge in [-0.2, -0.15) is 0 Å². The Hall–Kier alpha value is -3.42. The van der Waals surface area contributed by atoms with Crippen molar-refractivity contribution in [3.63, 3.8) is 0 Å². The number of carbonyl (C=O) groups is 2. The van der Waals surface area contributed by atoms with Crippen molar-refractivity contribution in [2.24, 2.45) is 5.73 Å². The van der Waals surface area contributed by atoms with Gasteiger partial charge in [0.05, 0.1) is 18.6 Å². The molecule has 2 aromatic heterocycles. The average Bonchev–Trinajstić information content (AvgIpc) is 2.89. The number of fused-ring (bicyclic) bond motifs is 3. The number of imidazole rings is 1. The molecule has 30 heavy (non-hydrogen) atoms. The molecule has 0 bridgehead atoms. The van der Waals surface area contributed by atoms with E-state index in [4.69, 9.17) is 15.5 Å². The second kappa shape index (κ2) is 8.52. The van der Waals surface area contributed by atoms with Gasteiger partial charge in [-0.15, -0.1) is 0 Å². The predicted molar refractivity (Wildman–Crippen MR) is 114 cm³/mol. The van der Waals surface area contributed by atoms with Gasteiger partial charge < -0.3 is 20.4 Å². The van der Waals surface area contributed by atoms with Gasteiger partial charge in [0.25, 0.3) is 5.91 Å². The van der Waals surface area contributed by atoms with Crippen LogP contribution in [0.1, 0.15) is 47.6 Å². The second-order valence-electron chi connectivity index (χ2n) is 7.52. The number of aromatic nitrogens is 3. The van der Waals surface area contributed by atoms with Gasteiger partial charge in [-0.25, -0.2) is 9.97 Å². The third kappa shape index (κ3) is 4.27. The zero-order valence-electron chi connectivity index (χ0n) is 17.0. The summed E-state index contributed by atoms with van der Waals surface area (Å²) in [5.41, 5.74) is 8.51. The van der Waals surface area contributed by atoms with Gasteiger partial charge >= 0.3 is 0 Å². The number of anilines is 1. The lowest BCUT2D eigenvalue weighted by molar-refractivity contribution is -0.118. The average molecular weight is 407 g/mol. The summed E-state index contributed by atoms with van der Waals surface area (Å²) < 4.78 is 7.61. The molecule has 0 atom stereocenters. The molecule has 3 heterocycles. The number of amides is 2. The van der Waals surface area contributed by atoms with Crippen LogP contribution in [0.3, 0.4) is 0 Å². The molecule has 1 aliphatic rings. The molecule has 0 spiro atoms. The maximum Gasteiger partial charge on any atom is 0.258 e. The van der Waals surface area contributed by atoms with Crippen LogP contribution in [0, 0.1) is 6.92 Å². The molecule has 8 nitrogen and oxygen atoms in total. The summed E-state index contributed by atoms with van der Waals surface area (Å²) in [7, 11) is 0. The second-order valence-corrected chi connectivity index (χ2v) is 7.52. The van der Waals surface area contributed by atoms with Gasteiger partial charge in [-0.05, 0) is 50.1 Å². The van der Waals surface area contributed by atoms with Crippen LogP contribution in [0.25, 0.3) is 11.2 Å². The van der Waals surface area contributed by atoms with E-state index in [-0.39, 0.29) is 18.9 Å². The summed E-state index contributed by atoms with van der Waals surface area (Å²) in [6, 6.07) is 8.77. The number of ether oxygens (including phenoxy) is 1. The number of carbonyl (C=O) groups excluding carboxylic acids is 2. The fraction of sp³-hybridized carbons (Fsp3) is 0.364. The molecule has 3 N–H and O–H groups in total. The van der Waals surface area contributed by atoms with Gasteiger partial charge in [0.2, 0.25) is 5.91 Å². The monoisotopic (exact) mass is 407 g/mol. The summed E-state index contributed by atoms with van der Waals surface area (Å²) in [6.45, 7) is 3.01. The lowest BCUT2D eigenvalue weighted by atomic mass is 10.1. The van der Waals surface area contributed by atoms with Crippen LogP contribution in [-0.2, 0) is 17.8 Å². The van der Waals surface area contributed by atoms with E-state index in [0.29, 0.717) is 22.5 Å². The van der Waals surface area contributed by atoms with Crippen molar-refractivity contribution in [1.29, 1.82) is 0 Å². The molecule has 0 radical (unpaired) electrons. The Bertz CT molecular complexity index is 1090. The highest BCUT2D eigenvalue weighted by molar-refractivity contribution is 6.11. The number of nitrogens with zero attached hydrogens (tertiary/aromatic N) is 3. The van der Waals surface area contributed by atoms with E-state index in [2.05, 4.69) is 14.9 Å². The molecular formula is C22H25N5O3. The Kier molecular flexibility index (Phi) is 5.65. The van der Waals surface area contributed by atoms with E-state index in [1.54, 1.807) is 30.3 Å². The van der Waals surface area contributed by atoms with Crippen molar-refractivity contribution in [2.75, 3.05) is 11.9 Å². The van der Waals surface area contributed by atoms with E-state index in [9.17, 15) is 9.59 Å². The number of benzene rings is 1. The van der Waals surface area contributed by atoms with E-state index >= 15 is 0 Å². The van der Waals surface area contributed by atoms with Crippen LogP contribution in [-0.4, -0.2) is 33.0 Å². The molecule has 1 aliphatic heterocycles. The Balaban J connectivity index is 1.54. The first-order valence-corrected chi connectivity index (χ1v) is 10.2. The van der Waals surface area contributed by atoms with Crippen LogP contribution in [0.2, 0.25) is 0 Å². The van der Waals surface area contributed by atoms with Crippen molar-refractivity contribution in [3.05, 3.63) is 47.4 Å². The normalized spacial score (nSPS) is 13.5. The Morgan fingerprint density at radius 3 is 2.73 bits per heavy atom. The standard InChI is InChI=1S/C22H25N5O3/c1-14-13-17(20-21(24-14)27-11-4-2-3-5-19(27)26-20)22(29)25-15-6-8-16(9-7-15)30-12-10-18(23)28/h6-9,13H,2-5,10-12H2,1H3,(H2,23,28)(H,25,29). The SMILES string of the molecule is Cc1cc(C(=O)Nc2ccc(OCCC(N)=O)cc2)c2nc3n(c2n1)CCCCC3. The molecule has 1 aromatic carbocycles. The molecule has 4 rings (SSSR count). The van der Waals surface area contributed by atoms with Gasteiger partial charge in [-0.1, -0.05) is 6.42 Å². The van der Waals surface area contributed by atoms with E-state index in [1.165, 1.54) is 6.42 Å². The van der Waals surface area contributed by atoms with Gasteiger partial charge in [-0.3, -0.25) is 9.59 Å². The summed E-state index contributed by atoms with van der Waals surface area (Å²) >= 11 is 0. The molecule has 3 aromatic rings. The Labute approximate surface area is 174 Å². The number of primary amides is 1. The number of aryl methyl sites for hydroxylation is 3. The predicted octanol–water partition coefficient (Wildman–Crippen LogP) is 2.97. The molecule has 0 saturated carbocycles. The summed E-state index contributed by atoms with van der Waals surface area (Å²) in [5.74, 6) is 0.983. The fourth-order valence-electron chi connectivity index (χ4n) is 3.69. The van der Waals surface area contributed by atoms with Gasteiger partial charge in [0.1, 0.15) is 17.1 Å². The summed E-state index contributed by atoms with van der Waals surface area (Å²) in [4.78, 5) is 33.2. The number of pyridine rings is 1. The van der Waals surface area contributed by atoms with Crippen molar-refractivity contribution in [3.8, 4) is 5.75 Å². The van der Waals surface area contributed by atoms with Crippen molar-refractivity contribution < 1.29 is 14.3 Å². The molecule has 0 unspecified atom stereocenters. The lowest BCUT2D eigenvalue weighted by Crippen LogP contribution is -2.15. The molecule has 8 heteroatoms. The smallest absolute Gasteiger partial charge is 0.258 e. The molecule has 2 amide bonds. The highest BCUT2D eigenvalue weighted by atomic mass is 16.5. The Morgan fingerprint density at radius 1 is 1.17 bits per heavy atom. The zero-order valence-corrected chi connectivity index (χ0v) is 17.0. The maximum absolute atomic E-state index is 13.0. The quantitative estimate of drug-likeness (QED) is 0.652. The number of nitrogens with one attached hydrogen (secondary N) is 1. The topological polar surface area (TPSA) is 112 Å². The first-order chi connectivity index (χ1) is 14.5. The van der Waals surface area contributed by atoms with Crippen LogP contribution in [0.5, 0.6) is 5.75 Å². The van der Waals surface area contributed by atoms with Crippen LogP contribution in [0.15, 0.2) is 30.3 Å². The first-order valence-electron chi connectivity index (χ1n) is 10.2. The summed E-state index contributed by atoms with van der Waals surface area (Å²) in [5, 5.41) is 2.93. The minimum absolute atomic E-state index is 0.157. The highest BCUT2D eigenvalue weighted by Gasteiger charge is 2.21. The van der Waals surface area contributed by atoms with Crippen LogP contribution >= 0.6 is 0 Å². The number of rotatable bonds is 6. The molecule has 0 aliphatic carbocycles. The number of hydrogen-bond donors (Lipinski definition) is 2. The minimum Gasteiger partial charge on any atom is -0.493 e. The number of hydrogen-bond acceptors (Lipinski definition) is 5. The molecule has 0 fully saturated rings. The van der Waals surface area contributed by atoms with E-state index in [0.717, 1.165) is 43.0 Å². The molecule has 0 saturated heterocycles. The highest BCUT2D eigenvalue weighted by Crippen LogP contribution is 2.25. The van der Waals surface area contributed by atoms with E-state index in [1.807, 2.05) is 6.92 Å². The maximum atomic E-state index is 13.0. The van der Waals surface area contributed by atoms with Crippen LogP contribution in [0.4, 0.5) is 5.69 Å².